The van der Waals surface area contributed by atoms with Crippen LogP contribution < -0.4 is 11.2 Å². The maximum absolute atomic E-state index is 11.8. The zero-order valence-electron chi connectivity index (χ0n) is 12.1. The molecule has 0 radical (unpaired) electrons. The monoisotopic (exact) mass is 424 g/mol. The summed E-state index contributed by atoms with van der Waals surface area (Å²) in [6.45, 7) is 3.33. The first-order valence-corrected chi connectivity index (χ1v) is 7.88. The number of carbonyl (C=O) groups excluding carboxylic acids is 1. The molecule has 2 N–H and O–H groups in total. The van der Waals surface area contributed by atoms with E-state index in [1.807, 2.05) is 0 Å². The third-order valence-electron chi connectivity index (χ3n) is 3.30. The molecule has 9 heteroatoms. The third kappa shape index (κ3) is 3.76. The first kappa shape index (κ1) is 17.2. The van der Waals surface area contributed by atoms with Gasteiger partial charge >= 0.3 is 11.7 Å². The Kier molecular flexibility index (Phi) is 5.40. The Bertz CT molecular complexity index is 667. The number of ether oxygens (including phenoxy) is 2. The summed E-state index contributed by atoms with van der Waals surface area (Å²) in [6.07, 6.45) is -0.727. The van der Waals surface area contributed by atoms with E-state index >= 15 is 0 Å². The fourth-order valence-corrected chi connectivity index (χ4v) is 2.48. The lowest BCUT2D eigenvalue weighted by molar-refractivity contribution is -0.153. The maximum atomic E-state index is 11.8. The molecule has 8 nitrogen and oxygen atoms in total. The molecule has 0 amide bonds. The van der Waals surface area contributed by atoms with Gasteiger partial charge in [-0.15, -0.1) is 0 Å². The van der Waals surface area contributed by atoms with Crippen LogP contribution in [0.4, 0.5) is 0 Å². The zero-order valence-corrected chi connectivity index (χ0v) is 14.3. The minimum absolute atomic E-state index is 0.0795. The molecule has 1 aliphatic rings. The van der Waals surface area contributed by atoms with E-state index in [1.54, 1.807) is 36.4 Å². The Balaban J connectivity index is 2.08. The number of carbonyl (C=O) groups is 1. The van der Waals surface area contributed by atoms with Crippen molar-refractivity contribution < 1.29 is 19.4 Å². The van der Waals surface area contributed by atoms with Gasteiger partial charge in [0.2, 0.25) is 0 Å². The van der Waals surface area contributed by atoms with Gasteiger partial charge in [0, 0.05) is 12.6 Å². The highest BCUT2D eigenvalue weighted by Gasteiger charge is 2.36. The van der Waals surface area contributed by atoms with Gasteiger partial charge < -0.3 is 14.6 Å². The number of halogens is 1. The number of rotatable bonds is 4. The van der Waals surface area contributed by atoms with Gasteiger partial charge in [-0.25, -0.2) is 4.79 Å². The van der Waals surface area contributed by atoms with Crippen molar-refractivity contribution in [2.75, 3.05) is 6.61 Å². The normalized spacial score (nSPS) is 24.7. The number of esters is 1. The van der Waals surface area contributed by atoms with E-state index in [4.69, 9.17) is 9.47 Å². The van der Waals surface area contributed by atoms with Crippen LogP contribution in [0, 0.1) is 9.49 Å². The molecular formula is C13H17IN2O6. The van der Waals surface area contributed by atoms with Crippen LogP contribution in [0.3, 0.4) is 0 Å². The van der Waals surface area contributed by atoms with Crippen LogP contribution >= 0.6 is 22.6 Å². The number of aromatic nitrogens is 2. The molecule has 0 aliphatic carbocycles. The lowest BCUT2D eigenvalue weighted by Crippen LogP contribution is -2.33. The van der Waals surface area contributed by atoms with Gasteiger partial charge in [-0.2, -0.15) is 0 Å². The Morgan fingerprint density at radius 2 is 2.27 bits per heavy atom. The molecular weight excluding hydrogens is 407 g/mol. The number of aliphatic hydroxyl groups excluding tert-OH is 1. The average Bonchev–Trinajstić information content (AvgIpc) is 2.81. The first-order valence-electron chi connectivity index (χ1n) is 6.80. The Hall–Kier alpha value is -1.20. The minimum Gasteiger partial charge on any atom is -0.463 e. The molecule has 0 bridgehead atoms. The van der Waals surface area contributed by atoms with Gasteiger partial charge in [-0.3, -0.25) is 19.1 Å². The number of aromatic amines is 1. The van der Waals surface area contributed by atoms with E-state index in [-0.39, 0.29) is 24.9 Å². The van der Waals surface area contributed by atoms with Crippen molar-refractivity contribution >= 4 is 28.6 Å². The SMILES string of the molecule is CC(C)C(=O)OCC1OC(n2cc(I)c(=O)[nH]c2=O)CC1O. The summed E-state index contributed by atoms with van der Waals surface area (Å²) in [4.78, 5) is 36.8. The van der Waals surface area contributed by atoms with E-state index in [2.05, 4.69) is 4.98 Å². The van der Waals surface area contributed by atoms with E-state index in [9.17, 15) is 19.5 Å². The van der Waals surface area contributed by atoms with E-state index in [0.717, 1.165) is 0 Å². The highest BCUT2D eigenvalue weighted by molar-refractivity contribution is 14.1. The largest absolute Gasteiger partial charge is 0.463 e. The minimum atomic E-state index is -0.860. The molecule has 0 spiro atoms. The van der Waals surface area contributed by atoms with Crippen LogP contribution in [0.2, 0.25) is 0 Å². The van der Waals surface area contributed by atoms with E-state index < -0.39 is 29.7 Å². The summed E-state index contributed by atoms with van der Waals surface area (Å²) in [7, 11) is 0. The molecule has 1 saturated heterocycles. The highest BCUT2D eigenvalue weighted by Crippen LogP contribution is 2.28. The quantitative estimate of drug-likeness (QED) is 0.520. The predicted octanol–water partition coefficient (Wildman–Crippen LogP) is -0.0112. The second kappa shape index (κ2) is 6.92. The number of nitrogens with zero attached hydrogens (tertiary/aromatic N) is 1. The second-order valence-electron chi connectivity index (χ2n) is 5.36. The van der Waals surface area contributed by atoms with Crippen LogP contribution in [0.1, 0.15) is 26.5 Å². The predicted molar refractivity (Wildman–Crippen MR) is 84.4 cm³/mol. The Morgan fingerprint density at radius 1 is 1.59 bits per heavy atom. The Labute approximate surface area is 139 Å². The van der Waals surface area contributed by atoms with Crippen molar-refractivity contribution in [2.24, 2.45) is 5.92 Å². The molecule has 2 rings (SSSR count). The van der Waals surface area contributed by atoms with Crippen molar-refractivity contribution in [2.45, 2.75) is 38.7 Å². The van der Waals surface area contributed by atoms with Crippen LogP contribution in [-0.2, 0) is 14.3 Å². The molecule has 3 atom stereocenters. The van der Waals surface area contributed by atoms with Crippen molar-refractivity contribution in [3.8, 4) is 0 Å². The summed E-state index contributed by atoms with van der Waals surface area (Å²) in [5, 5.41) is 9.98. The first-order chi connectivity index (χ1) is 10.3. The summed E-state index contributed by atoms with van der Waals surface area (Å²) < 4.78 is 12.2. The van der Waals surface area contributed by atoms with E-state index in [0.29, 0.717) is 3.57 Å². The number of hydrogen-bond donors (Lipinski definition) is 2. The third-order valence-corrected chi connectivity index (χ3v) is 4.07. The highest BCUT2D eigenvalue weighted by atomic mass is 127. The molecule has 122 valence electrons. The standard InChI is InChI=1S/C13H17IN2O6/c1-6(2)12(19)21-5-9-8(17)3-10(22-9)16-4-7(14)11(18)15-13(16)20/h4,6,8-10,17H,3,5H2,1-2H3,(H,15,18,20). The lowest BCUT2D eigenvalue weighted by atomic mass is 10.2. The maximum Gasteiger partial charge on any atom is 0.330 e. The van der Waals surface area contributed by atoms with Crippen LogP contribution in [0.5, 0.6) is 0 Å². The average molecular weight is 424 g/mol. The van der Waals surface area contributed by atoms with Crippen molar-refractivity contribution in [3.63, 3.8) is 0 Å². The summed E-state index contributed by atoms with van der Waals surface area (Å²) in [5.74, 6) is -0.646. The number of nitrogens with one attached hydrogen (secondary N) is 1. The summed E-state index contributed by atoms with van der Waals surface area (Å²) >= 11 is 1.81. The van der Waals surface area contributed by atoms with Crippen LogP contribution in [0.15, 0.2) is 15.8 Å². The smallest absolute Gasteiger partial charge is 0.330 e. The number of H-pyrrole nitrogens is 1. The van der Waals surface area contributed by atoms with Gasteiger partial charge in [-0.05, 0) is 22.6 Å². The van der Waals surface area contributed by atoms with Crippen molar-refractivity contribution in [1.29, 1.82) is 0 Å². The van der Waals surface area contributed by atoms with Gasteiger partial charge in [0.05, 0.1) is 15.6 Å². The molecule has 22 heavy (non-hydrogen) atoms. The number of aliphatic hydroxyl groups is 1. The topological polar surface area (TPSA) is 111 Å². The van der Waals surface area contributed by atoms with Gasteiger partial charge in [0.1, 0.15) is 18.9 Å². The zero-order chi connectivity index (χ0) is 16.4. The van der Waals surface area contributed by atoms with Gasteiger partial charge in [0.15, 0.2) is 0 Å². The molecule has 1 aromatic rings. The summed E-state index contributed by atoms with van der Waals surface area (Å²) in [5.41, 5.74) is -1.08. The van der Waals surface area contributed by atoms with Gasteiger partial charge in [-0.1, -0.05) is 13.8 Å². The molecule has 3 unspecified atom stereocenters. The molecule has 0 aromatic carbocycles. The summed E-state index contributed by atoms with van der Waals surface area (Å²) in [6, 6.07) is 0. The molecule has 1 aliphatic heterocycles. The molecule has 0 saturated carbocycles. The van der Waals surface area contributed by atoms with Crippen molar-refractivity contribution in [1.82, 2.24) is 9.55 Å². The lowest BCUT2D eigenvalue weighted by Gasteiger charge is -2.16. The molecule has 1 fully saturated rings. The fraction of sp³-hybridized carbons (Fsp3) is 0.615. The van der Waals surface area contributed by atoms with Gasteiger partial charge in [0.25, 0.3) is 5.56 Å². The molecule has 1 aromatic heterocycles. The number of hydrogen-bond acceptors (Lipinski definition) is 6. The van der Waals surface area contributed by atoms with Crippen LogP contribution in [0.25, 0.3) is 0 Å². The molecule has 2 heterocycles. The van der Waals surface area contributed by atoms with Crippen molar-refractivity contribution in [3.05, 3.63) is 30.6 Å². The second-order valence-corrected chi connectivity index (χ2v) is 6.52. The van der Waals surface area contributed by atoms with Crippen LogP contribution in [-0.4, -0.2) is 39.4 Å². The fourth-order valence-electron chi connectivity index (χ4n) is 2.04. The Morgan fingerprint density at radius 3 is 2.91 bits per heavy atom. The van der Waals surface area contributed by atoms with E-state index in [1.165, 1.54) is 10.8 Å².